The molecule has 0 radical (unpaired) electrons. The molecule has 0 aromatic heterocycles. The highest BCUT2D eigenvalue weighted by Gasteiger charge is 2.43. The van der Waals surface area contributed by atoms with Crippen LogP contribution in [0.1, 0.15) is 182 Å². The Bertz CT molecular complexity index is 6380. The number of nitrogens with zero attached hydrogens (tertiary/aromatic N) is 8. The van der Waals surface area contributed by atoms with Gasteiger partial charge in [-0.2, -0.15) is 12.6 Å². The first-order valence-electron chi connectivity index (χ1n) is 48.9. The molecule has 8 heterocycles. The van der Waals surface area contributed by atoms with Gasteiger partial charge < -0.3 is 76.4 Å². The van der Waals surface area contributed by atoms with Crippen molar-refractivity contribution in [2.24, 2.45) is 9.98 Å². The largest absolute Gasteiger partial charge is 0.493 e. The maximum atomic E-state index is 14.5. The second-order valence-corrected chi connectivity index (χ2v) is 42.5. The van der Waals surface area contributed by atoms with E-state index in [2.05, 4.69) is 38.3 Å². The molecule has 6 amide bonds. The predicted molar refractivity (Wildman–Crippen MR) is 570 cm³/mol. The number of aryl methyl sites for hydroxylation is 4. The van der Waals surface area contributed by atoms with Gasteiger partial charge in [0.1, 0.15) is 37.9 Å². The van der Waals surface area contributed by atoms with Crippen LogP contribution < -0.4 is 57.8 Å². The normalized spacial score (nSPS) is 16.5. The summed E-state index contributed by atoms with van der Waals surface area (Å²) in [6, 6.07) is 59.0. The zero-order valence-electron chi connectivity index (χ0n) is 82.8. The molecule has 0 fully saturated rings. The maximum Gasteiger partial charge on any atom is 0.261 e. The van der Waals surface area contributed by atoms with Crippen molar-refractivity contribution in [3.63, 3.8) is 0 Å². The first-order valence-corrected chi connectivity index (χ1v) is 51.9. The molecule has 0 N–H and O–H groups in total. The highest BCUT2D eigenvalue weighted by Crippen LogP contribution is 2.48. The third-order valence-electron chi connectivity index (χ3n) is 27.2. The van der Waals surface area contributed by atoms with E-state index in [4.69, 9.17) is 79.5 Å². The minimum absolute atomic E-state index is 0. The van der Waals surface area contributed by atoms with Gasteiger partial charge >= 0.3 is 0 Å². The van der Waals surface area contributed by atoms with E-state index in [1.54, 1.807) is 89.0 Å². The van der Waals surface area contributed by atoms with Crippen molar-refractivity contribution in [2.75, 3.05) is 143 Å². The van der Waals surface area contributed by atoms with E-state index >= 15 is 0 Å². The number of hydrogen-bond acceptors (Lipinski definition) is 23. The lowest BCUT2D eigenvalue weighted by Crippen LogP contribution is -2.37. The average Bonchev–Trinajstić information content (AvgIpc) is 1.64. The second kappa shape index (κ2) is 47.2. The summed E-state index contributed by atoms with van der Waals surface area (Å²) in [6.45, 7) is 17.5. The Kier molecular flexibility index (Phi) is 34.3. The molecule has 143 heavy (non-hydrogen) atoms. The number of carbonyl (C=O) groups excluding carboxylic acids is 6. The standard InChI is InChI=1S/C57H64N4O9S2.C56H62N4O9S.CH4/c1-37-25-46-40(15-16-43-29-41-11-7-9-13-49(41)60(43)55(46)63)31-51(37)69-35-38-26-39(28-44(27-38)59(19-20-67-23-24-68-22-21-65-4)54(62)17-18-57(2,3)72-71-6)36-70-53-33-48-47(32-52(53)66-5)56(64)61-45(34-58-48)30-42-12-8-10-14-50(42)61;1-36-24-45-39(14-15-42-28-40-10-6-8-12-48(40)59(42)54(45)62)30-50(36)68-34-37-25-38(27-43(26-37)58(53(61)16-17-56(2,3)70)18-19-66-22-23-67-21-20-64-4)35-69-52-32-47-46(31-51(52)65-5)55(63)60-44(33-57-47)29-41-11-7-9-13-49(41)60;/h7-14,25-28,31-34,43,45H,15-24,29-30,35-36H2,1-6H3;6-13,24-27,30-33,42,44,70H,14-23,28-29,34-35H2,1-5H3;1H4/t43?,45-;42?,44-;/m00./s1. The summed E-state index contributed by atoms with van der Waals surface area (Å²) >= 11 is 4.73. The molecule has 18 rings (SSSR count). The molecule has 29 heteroatoms. The number of aliphatic imine (C=N–C) groups is 2. The van der Waals surface area contributed by atoms with Gasteiger partial charge in [0.25, 0.3) is 23.6 Å². The Labute approximate surface area is 852 Å². The molecule has 10 aromatic carbocycles. The van der Waals surface area contributed by atoms with E-state index in [9.17, 15) is 28.8 Å². The van der Waals surface area contributed by atoms with Crippen molar-refractivity contribution >= 4 is 128 Å². The van der Waals surface area contributed by atoms with E-state index in [0.29, 0.717) is 184 Å². The Morgan fingerprint density at radius 2 is 0.755 bits per heavy atom. The summed E-state index contributed by atoms with van der Waals surface area (Å²) < 4.78 is 71.1. The number of methoxy groups -OCH3 is 4. The van der Waals surface area contributed by atoms with Gasteiger partial charge in [-0.15, -0.1) is 0 Å². The molecule has 0 saturated heterocycles. The van der Waals surface area contributed by atoms with E-state index < -0.39 is 0 Å². The van der Waals surface area contributed by atoms with Crippen LogP contribution in [0, 0.1) is 13.8 Å². The van der Waals surface area contributed by atoms with Gasteiger partial charge in [0.05, 0.1) is 115 Å². The number of anilines is 6. The van der Waals surface area contributed by atoms with Crippen molar-refractivity contribution in [3.8, 4) is 34.5 Å². The van der Waals surface area contributed by atoms with Crippen LogP contribution in [0.15, 0.2) is 192 Å². The summed E-state index contributed by atoms with van der Waals surface area (Å²) in [5, 5.41) is 0. The number of para-hydroxylation sites is 4. The summed E-state index contributed by atoms with van der Waals surface area (Å²) in [5.74, 6) is 2.68. The minimum Gasteiger partial charge on any atom is -0.493 e. The molecule has 10 aromatic rings. The first-order chi connectivity index (χ1) is 68.8. The number of benzene rings is 10. The van der Waals surface area contributed by atoms with Crippen LogP contribution >= 0.6 is 34.2 Å². The van der Waals surface area contributed by atoms with Crippen molar-refractivity contribution in [2.45, 2.75) is 186 Å². The molecular weight excluding hydrogens is 1870 g/mol. The number of fused-ring (bicyclic) bond motifs is 16. The van der Waals surface area contributed by atoms with Gasteiger partial charge in [0.15, 0.2) is 23.0 Å². The highest BCUT2D eigenvalue weighted by molar-refractivity contribution is 8.76. The van der Waals surface area contributed by atoms with Crippen molar-refractivity contribution < 1.29 is 85.6 Å². The Hall–Kier alpha value is -12.0. The van der Waals surface area contributed by atoms with Gasteiger partial charge in [0, 0.05) is 144 Å². The highest BCUT2D eigenvalue weighted by atomic mass is 33.1. The van der Waals surface area contributed by atoms with Crippen LogP contribution in [0.2, 0.25) is 0 Å². The number of carbonyl (C=O) groups is 6. The number of rotatable bonds is 42. The summed E-state index contributed by atoms with van der Waals surface area (Å²) in [5.41, 5.74) is 19.9. The van der Waals surface area contributed by atoms with Gasteiger partial charge in [0.2, 0.25) is 11.8 Å². The summed E-state index contributed by atoms with van der Waals surface area (Å²) in [7, 11) is 9.83. The molecule has 2 unspecified atom stereocenters. The van der Waals surface area contributed by atoms with Gasteiger partial charge in [-0.25, -0.2) is 0 Å². The molecule has 752 valence electrons. The lowest BCUT2D eigenvalue weighted by Gasteiger charge is -2.27. The fourth-order valence-corrected chi connectivity index (χ4v) is 22.3. The fourth-order valence-electron chi connectivity index (χ4n) is 20.0. The van der Waals surface area contributed by atoms with Crippen LogP contribution in [-0.2, 0) is 103 Å². The SMILES string of the molecule is C.COCCOCCOCCN(C(=O)CCC(C)(C)S)c1cc(COc2cc3c(cc2C)C(=O)N2c4ccccc4CC2CC3)cc(COc2cc3c(cc2OC)C(=O)N2c4ccccc4C[C@H]2C=N3)c1.COCCOCCOCCN(C(=O)CCC(C)(C)SSC)c1cc(COc2cc3c(cc2C)C(=O)N2c4ccccc4CC2CC3)cc(COc2cc3c(cc2OC)C(=O)N2c4ccccc4C[C@H]2C=N3)c1. The quantitative estimate of drug-likeness (QED) is 0.0212. The number of ether oxygens (including phenoxy) is 12. The van der Waals surface area contributed by atoms with E-state index in [0.717, 1.165) is 117 Å². The topological polar surface area (TPSA) is 257 Å². The Morgan fingerprint density at radius 3 is 1.13 bits per heavy atom. The summed E-state index contributed by atoms with van der Waals surface area (Å²) in [4.78, 5) is 106. The minimum atomic E-state index is -0.356. The molecule has 8 aliphatic rings. The van der Waals surface area contributed by atoms with Crippen LogP contribution in [0.5, 0.6) is 34.5 Å². The molecule has 0 bridgehead atoms. The monoisotopic (exact) mass is 1990 g/mol. The third-order valence-corrected chi connectivity index (χ3v) is 30.1. The first kappa shape index (κ1) is 104. The molecular formula is C114H130N8O18S3. The second-order valence-electron chi connectivity index (χ2n) is 38.2. The van der Waals surface area contributed by atoms with Crippen molar-refractivity contribution in [3.05, 3.63) is 271 Å². The molecule has 4 atom stereocenters. The van der Waals surface area contributed by atoms with E-state index in [-0.39, 0.29) is 116 Å². The number of hydrogen-bond donors (Lipinski definition) is 1. The van der Waals surface area contributed by atoms with Crippen LogP contribution in [0.3, 0.4) is 0 Å². The van der Waals surface area contributed by atoms with Gasteiger partial charge in [-0.1, -0.05) is 116 Å². The average molecular weight is 2000 g/mol. The van der Waals surface area contributed by atoms with Crippen LogP contribution in [-0.4, -0.2) is 195 Å². The fraction of sp³-hybridized carbons (Fsp3) is 0.404. The Morgan fingerprint density at radius 1 is 0.406 bits per heavy atom. The van der Waals surface area contributed by atoms with E-state index in [1.165, 1.54) is 11.1 Å². The third kappa shape index (κ3) is 24.3. The zero-order chi connectivity index (χ0) is 99.3. The lowest BCUT2D eigenvalue weighted by molar-refractivity contribution is -0.119. The van der Waals surface area contributed by atoms with Crippen LogP contribution in [0.25, 0.3) is 0 Å². The van der Waals surface area contributed by atoms with E-state index in [1.807, 2.05) is 194 Å². The molecule has 0 aliphatic carbocycles. The molecule has 0 spiro atoms. The zero-order valence-corrected chi connectivity index (χ0v) is 85.3. The van der Waals surface area contributed by atoms with Crippen molar-refractivity contribution in [1.29, 1.82) is 0 Å². The molecule has 0 saturated carbocycles. The molecule has 8 aliphatic heterocycles. The van der Waals surface area contributed by atoms with Gasteiger partial charge in [-0.3, -0.25) is 48.6 Å². The number of thiol groups is 1. The van der Waals surface area contributed by atoms with Crippen LogP contribution in [0.4, 0.5) is 45.5 Å². The maximum absolute atomic E-state index is 14.5. The number of amides is 6. The molecule has 26 nitrogen and oxygen atoms in total. The predicted octanol–water partition coefficient (Wildman–Crippen LogP) is 20.7. The van der Waals surface area contributed by atoms with Crippen molar-refractivity contribution in [1.82, 2.24) is 0 Å². The Balaban J connectivity index is 0.000000204. The smallest absolute Gasteiger partial charge is 0.261 e. The van der Waals surface area contributed by atoms with Gasteiger partial charge in [-0.05, 0) is 249 Å². The summed E-state index contributed by atoms with van der Waals surface area (Å²) in [6.07, 6.45) is 13.9. The lowest BCUT2D eigenvalue weighted by atomic mass is 9.98.